The minimum Gasteiger partial charge on any atom is -0.0956 e. The summed E-state index contributed by atoms with van der Waals surface area (Å²) in [7, 11) is 0. The van der Waals surface area contributed by atoms with Crippen molar-refractivity contribution in [1.82, 2.24) is 0 Å². The van der Waals surface area contributed by atoms with Crippen LogP contribution in [-0.4, -0.2) is 0 Å². The Morgan fingerprint density at radius 3 is 1.94 bits per heavy atom. The fourth-order valence-electron chi connectivity index (χ4n) is 1.99. The van der Waals surface area contributed by atoms with Gasteiger partial charge in [-0.1, -0.05) is 64.0 Å². The van der Waals surface area contributed by atoms with E-state index in [9.17, 15) is 0 Å². The van der Waals surface area contributed by atoms with Crippen LogP contribution in [0.5, 0.6) is 0 Å². The fourth-order valence-corrected chi connectivity index (χ4v) is 1.99. The maximum absolute atomic E-state index is 4.23. The Morgan fingerprint density at radius 1 is 1.06 bits per heavy atom. The maximum atomic E-state index is 4.23. The van der Waals surface area contributed by atoms with Crippen LogP contribution in [0, 0.1) is 5.92 Å². The summed E-state index contributed by atoms with van der Waals surface area (Å²) in [4.78, 5) is 0. The molecule has 0 bridgehead atoms. The topological polar surface area (TPSA) is 0 Å². The molecule has 0 rings (SSSR count). The van der Waals surface area contributed by atoms with Crippen molar-refractivity contribution in [3.8, 4) is 0 Å². The van der Waals surface area contributed by atoms with Gasteiger partial charge in [-0.3, -0.25) is 0 Å². The largest absolute Gasteiger partial charge is 0.0956 e. The Balaban J connectivity index is 4.55. The molecular weight excluding hydrogens is 192 g/mol. The summed E-state index contributed by atoms with van der Waals surface area (Å²) in [5.41, 5.74) is 3.81. The second-order valence-electron chi connectivity index (χ2n) is 4.63. The lowest BCUT2D eigenvalue weighted by atomic mass is 9.89. The molecule has 0 amide bonds. The first-order chi connectivity index (χ1) is 7.56. The van der Waals surface area contributed by atoms with Gasteiger partial charge in [0.25, 0.3) is 0 Å². The predicted octanol–water partition coefficient (Wildman–Crippen LogP) is 5.67. The van der Waals surface area contributed by atoms with Crippen LogP contribution in [0.2, 0.25) is 0 Å². The highest BCUT2D eigenvalue weighted by Gasteiger charge is 2.09. The molecule has 0 aromatic heterocycles. The molecule has 0 aromatic rings. The van der Waals surface area contributed by atoms with Gasteiger partial charge in [0.1, 0.15) is 0 Å². The molecule has 0 fully saturated rings. The molecule has 0 nitrogen and oxygen atoms in total. The molecule has 0 spiro atoms. The van der Waals surface area contributed by atoms with E-state index in [4.69, 9.17) is 0 Å². The van der Waals surface area contributed by atoms with Crippen LogP contribution in [0.25, 0.3) is 0 Å². The van der Waals surface area contributed by atoms with Gasteiger partial charge in [0.15, 0.2) is 0 Å². The molecule has 0 aliphatic heterocycles. The van der Waals surface area contributed by atoms with Crippen molar-refractivity contribution >= 4 is 0 Å². The molecule has 0 aromatic carbocycles. The highest BCUT2D eigenvalue weighted by Crippen LogP contribution is 2.24. The third kappa shape index (κ3) is 5.34. The van der Waals surface area contributed by atoms with Crippen molar-refractivity contribution in [3.63, 3.8) is 0 Å². The number of allylic oxidation sites excluding steroid dienone is 4. The summed E-state index contributed by atoms with van der Waals surface area (Å²) in [5.74, 6) is 0.662. The van der Waals surface area contributed by atoms with Crippen molar-refractivity contribution in [3.05, 3.63) is 36.0 Å². The van der Waals surface area contributed by atoms with E-state index in [1.165, 1.54) is 42.4 Å². The van der Waals surface area contributed by atoms with Gasteiger partial charge in [-0.2, -0.15) is 0 Å². The van der Waals surface area contributed by atoms with Gasteiger partial charge >= 0.3 is 0 Å². The summed E-state index contributed by atoms with van der Waals surface area (Å²) in [6.45, 7) is 17.1. The van der Waals surface area contributed by atoms with Crippen LogP contribution < -0.4 is 0 Å². The number of rotatable bonds is 8. The number of hydrogen-bond donors (Lipinski definition) is 0. The first-order valence-electron chi connectivity index (χ1n) is 6.61. The van der Waals surface area contributed by atoms with Gasteiger partial charge in [-0.25, -0.2) is 0 Å². The summed E-state index contributed by atoms with van der Waals surface area (Å²) in [6, 6.07) is 0. The SMILES string of the molecule is C=C(CC)/C(C)=C\C(=C)C(CCC)CCC. The summed E-state index contributed by atoms with van der Waals surface area (Å²) >= 11 is 0. The lowest BCUT2D eigenvalue weighted by Crippen LogP contribution is -2.02. The molecule has 0 heterocycles. The molecule has 0 heteroatoms. The second kappa shape index (κ2) is 8.38. The Labute approximate surface area is 102 Å². The highest BCUT2D eigenvalue weighted by atomic mass is 14.1. The molecule has 0 radical (unpaired) electrons. The van der Waals surface area contributed by atoms with Crippen molar-refractivity contribution < 1.29 is 0 Å². The Morgan fingerprint density at radius 2 is 1.56 bits per heavy atom. The van der Waals surface area contributed by atoms with E-state index >= 15 is 0 Å². The normalized spacial score (nSPS) is 11.9. The first-order valence-corrected chi connectivity index (χ1v) is 6.61. The maximum Gasteiger partial charge on any atom is -0.0168 e. The standard InChI is InChI=1S/C16H28/c1-7-10-16(11-8-2)15(6)12-14(5)13(4)9-3/h12,16H,4,6-11H2,1-3,5H3/b14-12-. The van der Waals surface area contributed by atoms with E-state index in [1.54, 1.807) is 0 Å². The third-order valence-corrected chi connectivity index (χ3v) is 3.19. The van der Waals surface area contributed by atoms with Gasteiger partial charge in [-0.15, -0.1) is 0 Å². The summed E-state index contributed by atoms with van der Waals surface area (Å²) < 4.78 is 0. The lowest BCUT2D eigenvalue weighted by molar-refractivity contribution is 0.513. The fraction of sp³-hybridized carbons (Fsp3) is 0.625. The Hall–Kier alpha value is -0.780. The zero-order chi connectivity index (χ0) is 12.6. The second-order valence-corrected chi connectivity index (χ2v) is 4.63. The van der Waals surface area contributed by atoms with Crippen molar-refractivity contribution in [2.45, 2.75) is 59.8 Å². The quantitative estimate of drug-likeness (QED) is 0.462. The van der Waals surface area contributed by atoms with Crippen LogP contribution in [0.15, 0.2) is 36.0 Å². The van der Waals surface area contributed by atoms with E-state index in [2.05, 4.69) is 46.9 Å². The van der Waals surface area contributed by atoms with E-state index in [0.717, 1.165) is 6.42 Å². The first kappa shape index (κ1) is 15.2. The van der Waals surface area contributed by atoms with Crippen molar-refractivity contribution in [2.24, 2.45) is 5.92 Å². The molecule has 0 saturated carbocycles. The summed E-state index contributed by atoms with van der Waals surface area (Å²) in [6.07, 6.45) is 8.27. The zero-order valence-corrected chi connectivity index (χ0v) is 11.6. The van der Waals surface area contributed by atoms with Gasteiger partial charge in [-0.05, 0) is 37.7 Å². The number of hydrogen-bond acceptors (Lipinski definition) is 0. The third-order valence-electron chi connectivity index (χ3n) is 3.19. The molecule has 0 unspecified atom stereocenters. The van der Waals surface area contributed by atoms with Crippen LogP contribution in [0.1, 0.15) is 59.8 Å². The van der Waals surface area contributed by atoms with E-state index in [-0.39, 0.29) is 0 Å². The highest BCUT2D eigenvalue weighted by molar-refractivity contribution is 5.33. The van der Waals surface area contributed by atoms with Crippen LogP contribution in [-0.2, 0) is 0 Å². The van der Waals surface area contributed by atoms with E-state index in [1.807, 2.05) is 0 Å². The van der Waals surface area contributed by atoms with Crippen LogP contribution >= 0.6 is 0 Å². The molecule has 0 atom stereocenters. The van der Waals surface area contributed by atoms with Crippen LogP contribution in [0.3, 0.4) is 0 Å². The molecule has 0 N–H and O–H groups in total. The van der Waals surface area contributed by atoms with Gasteiger partial charge in [0.2, 0.25) is 0 Å². The van der Waals surface area contributed by atoms with Crippen molar-refractivity contribution in [1.29, 1.82) is 0 Å². The molecule has 92 valence electrons. The smallest absolute Gasteiger partial charge is 0.0168 e. The molecule has 0 aliphatic rings. The average Bonchev–Trinajstić information content (AvgIpc) is 2.27. The van der Waals surface area contributed by atoms with Gasteiger partial charge in [0, 0.05) is 0 Å². The Kier molecular flexibility index (Phi) is 7.97. The molecule has 16 heavy (non-hydrogen) atoms. The van der Waals surface area contributed by atoms with E-state index < -0.39 is 0 Å². The Bertz CT molecular complexity index is 249. The molecule has 0 saturated heterocycles. The molecule has 0 aliphatic carbocycles. The van der Waals surface area contributed by atoms with E-state index in [0.29, 0.717) is 5.92 Å². The van der Waals surface area contributed by atoms with Crippen molar-refractivity contribution in [2.75, 3.05) is 0 Å². The zero-order valence-electron chi connectivity index (χ0n) is 11.6. The predicted molar refractivity (Wildman–Crippen MR) is 75.6 cm³/mol. The monoisotopic (exact) mass is 220 g/mol. The van der Waals surface area contributed by atoms with Crippen LogP contribution in [0.4, 0.5) is 0 Å². The average molecular weight is 220 g/mol. The minimum absolute atomic E-state index is 0.662. The lowest BCUT2D eigenvalue weighted by Gasteiger charge is -2.16. The molecular formula is C16H28. The van der Waals surface area contributed by atoms with Gasteiger partial charge in [0.05, 0.1) is 0 Å². The minimum atomic E-state index is 0.662. The summed E-state index contributed by atoms with van der Waals surface area (Å²) in [5, 5.41) is 0. The van der Waals surface area contributed by atoms with Gasteiger partial charge < -0.3 is 0 Å².